The lowest BCUT2D eigenvalue weighted by atomic mass is 9.87. The molecule has 0 saturated heterocycles. The molecule has 0 saturated carbocycles. The van der Waals surface area contributed by atoms with Gasteiger partial charge in [0.25, 0.3) is 0 Å². The summed E-state index contributed by atoms with van der Waals surface area (Å²) < 4.78 is 0. The van der Waals surface area contributed by atoms with Crippen LogP contribution in [0.1, 0.15) is 42.4 Å². The maximum absolute atomic E-state index is 3.14. The van der Waals surface area contributed by atoms with E-state index in [-0.39, 0.29) is 0 Å². The van der Waals surface area contributed by atoms with Gasteiger partial charge in [0.2, 0.25) is 0 Å². The minimum Gasteiger partial charge on any atom is -0.367 e. The van der Waals surface area contributed by atoms with Gasteiger partial charge in [-0.15, -0.1) is 0 Å². The third kappa shape index (κ3) is 3.00. The predicted molar refractivity (Wildman–Crippen MR) is 73.3 cm³/mol. The lowest BCUT2D eigenvalue weighted by molar-refractivity contribution is 0.607. The zero-order chi connectivity index (χ0) is 12.1. The zero-order valence-corrected chi connectivity index (χ0v) is 10.7. The van der Waals surface area contributed by atoms with Crippen LogP contribution in [0, 0.1) is 6.92 Å². The zero-order valence-electron chi connectivity index (χ0n) is 10.7. The number of benzene rings is 1. The molecule has 1 N–H and O–H groups in total. The summed E-state index contributed by atoms with van der Waals surface area (Å²) in [5, 5.41) is 0. The number of rotatable bonds is 5. The van der Waals surface area contributed by atoms with Gasteiger partial charge in [0, 0.05) is 12.4 Å². The number of aromatic amines is 1. The molecule has 0 aliphatic carbocycles. The van der Waals surface area contributed by atoms with Gasteiger partial charge in [-0.05, 0) is 48.4 Å². The number of hydrogen-bond donors (Lipinski definition) is 1. The molecule has 1 nitrogen and oxygen atoms in total. The maximum Gasteiger partial charge on any atom is 0.00375 e. The van der Waals surface area contributed by atoms with Crippen LogP contribution < -0.4 is 0 Å². The van der Waals surface area contributed by atoms with Gasteiger partial charge in [0.1, 0.15) is 0 Å². The van der Waals surface area contributed by atoms with Gasteiger partial charge < -0.3 is 4.98 Å². The maximum atomic E-state index is 3.14. The SMILES string of the molecule is CCCC(Cc1cc[nH]c1)c1ccccc1C. The summed E-state index contributed by atoms with van der Waals surface area (Å²) in [6.45, 7) is 4.48. The largest absolute Gasteiger partial charge is 0.367 e. The molecule has 1 atom stereocenters. The topological polar surface area (TPSA) is 15.8 Å². The quantitative estimate of drug-likeness (QED) is 0.776. The van der Waals surface area contributed by atoms with E-state index in [1.54, 1.807) is 0 Å². The summed E-state index contributed by atoms with van der Waals surface area (Å²) in [5.41, 5.74) is 4.34. The van der Waals surface area contributed by atoms with E-state index in [2.05, 4.69) is 55.4 Å². The first-order valence-electron chi connectivity index (χ1n) is 6.48. The van der Waals surface area contributed by atoms with Gasteiger partial charge in [-0.25, -0.2) is 0 Å². The number of aromatic nitrogens is 1. The first-order chi connectivity index (χ1) is 8.31. The molecule has 0 bridgehead atoms. The van der Waals surface area contributed by atoms with Crippen LogP contribution in [-0.2, 0) is 6.42 Å². The average Bonchev–Trinajstić information content (AvgIpc) is 2.82. The van der Waals surface area contributed by atoms with Crippen LogP contribution in [0.15, 0.2) is 42.7 Å². The monoisotopic (exact) mass is 227 g/mol. The van der Waals surface area contributed by atoms with Crippen molar-refractivity contribution in [1.29, 1.82) is 0 Å². The summed E-state index contributed by atoms with van der Waals surface area (Å²) >= 11 is 0. The van der Waals surface area contributed by atoms with Crippen molar-refractivity contribution in [2.45, 2.75) is 39.0 Å². The Labute approximate surface area is 104 Å². The summed E-state index contributed by atoms with van der Waals surface area (Å²) in [6, 6.07) is 11.0. The molecule has 0 fully saturated rings. The normalized spacial score (nSPS) is 12.6. The van der Waals surface area contributed by atoms with Crippen molar-refractivity contribution in [2.75, 3.05) is 0 Å². The fraction of sp³-hybridized carbons (Fsp3) is 0.375. The highest BCUT2D eigenvalue weighted by molar-refractivity contribution is 5.30. The van der Waals surface area contributed by atoms with Gasteiger partial charge in [-0.2, -0.15) is 0 Å². The van der Waals surface area contributed by atoms with Crippen molar-refractivity contribution in [3.05, 3.63) is 59.4 Å². The van der Waals surface area contributed by atoms with Crippen molar-refractivity contribution >= 4 is 0 Å². The Kier molecular flexibility index (Phi) is 4.03. The molecule has 90 valence electrons. The Morgan fingerprint density at radius 3 is 2.65 bits per heavy atom. The average molecular weight is 227 g/mol. The summed E-state index contributed by atoms with van der Waals surface area (Å²) in [4.78, 5) is 3.14. The molecule has 0 aliphatic rings. The Balaban J connectivity index is 2.20. The van der Waals surface area contributed by atoms with Crippen molar-refractivity contribution in [2.24, 2.45) is 0 Å². The van der Waals surface area contributed by atoms with Crippen LogP contribution in [0.5, 0.6) is 0 Å². The Hall–Kier alpha value is -1.50. The molecular weight excluding hydrogens is 206 g/mol. The van der Waals surface area contributed by atoms with Crippen LogP contribution >= 0.6 is 0 Å². The Morgan fingerprint density at radius 2 is 2.00 bits per heavy atom. The number of H-pyrrole nitrogens is 1. The van der Waals surface area contributed by atoms with Crippen molar-refractivity contribution in [3.8, 4) is 0 Å². The van der Waals surface area contributed by atoms with Crippen LogP contribution in [0.4, 0.5) is 0 Å². The van der Waals surface area contributed by atoms with Crippen molar-refractivity contribution < 1.29 is 0 Å². The minimum atomic E-state index is 0.650. The number of aryl methyl sites for hydroxylation is 1. The highest BCUT2D eigenvalue weighted by atomic mass is 14.6. The molecule has 2 aromatic rings. The molecule has 1 heterocycles. The molecule has 1 heteroatoms. The van der Waals surface area contributed by atoms with E-state index in [9.17, 15) is 0 Å². The van der Waals surface area contributed by atoms with E-state index < -0.39 is 0 Å². The van der Waals surface area contributed by atoms with E-state index in [1.807, 2.05) is 6.20 Å². The standard InChI is InChI=1S/C16H21N/c1-3-6-15(11-14-9-10-17-12-14)16-8-5-4-7-13(16)2/h4-5,7-10,12,15,17H,3,6,11H2,1-2H3. The molecule has 1 aromatic heterocycles. The first kappa shape index (κ1) is 12.0. The van der Waals surface area contributed by atoms with Crippen molar-refractivity contribution in [3.63, 3.8) is 0 Å². The molecule has 0 amide bonds. The van der Waals surface area contributed by atoms with Gasteiger partial charge in [-0.3, -0.25) is 0 Å². The smallest absolute Gasteiger partial charge is 0.00375 e. The second kappa shape index (κ2) is 5.72. The molecule has 1 unspecified atom stereocenters. The minimum absolute atomic E-state index is 0.650. The van der Waals surface area contributed by atoms with Gasteiger partial charge in [-0.1, -0.05) is 37.6 Å². The van der Waals surface area contributed by atoms with E-state index >= 15 is 0 Å². The molecule has 0 radical (unpaired) electrons. The molecule has 0 spiro atoms. The number of nitrogens with one attached hydrogen (secondary N) is 1. The van der Waals surface area contributed by atoms with E-state index in [0.717, 1.165) is 6.42 Å². The molecule has 2 rings (SSSR count). The number of hydrogen-bond acceptors (Lipinski definition) is 0. The molecule has 0 aliphatic heterocycles. The molecule has 1 aromatic carbocycles. The van der Waals surface area contributed by atoms with Crippen LogP contribution in [-0.4, -0.2) is 4.98 Å². The van der Waals surface area contributed by atoms with Crippen molar-refractivity contribution in [1.82, 2.24) is 4.98 Å². The van der Waals surface area contributed by atoms with Crippen LogP contribution in [0.2, 0.25) is 0 Å². The summed E-state index contributed by atoms with van der Waals surface area (Å²) in [7, 11) is 0. The Bertz CT molecular complexity index is 442. The van der Waals surface area contributed by atoms with E-state index in [0.29, 0.717) is 5.92 Å². The predicted octanol–water partition coefficient (Wildman–Crippen LogP) is 4.45. The third-order valence-electron chi connectivity index (χ3n) is 3.41. The fourth-order valence-electron chi connectivity index (χ4n) is 2.53. The first-order valence-corrected chi connectivity index (χ1v) is 6.48. The summed E-state index contributed by atoms with van der Waals surface area (Å²) in [5.74, 6) is 0.650. The van der Waals surface area contributed by atoms with Gasteiger partial charge in [0.05, 0.1) is 0 Å². The molecular formula is C16H21N. The fourth-order valence-corrected chi connectivity index (χ4v) is 2.53. The van der Waals surface area contributed by atoms with Gasteiger partial charge in [0.15, 0.2) is 0 Å². The van der Waals surface area contributed by atoms with E-state index in [4.69, 9.17) is 0 Å². The Morgan fingerprint density at radius 1 is 1.18 bits per heavy atom. The molecule has 17 heavy (non-hydrogen) atoms. The lowest BCUT2D eigenvalue weighted by Crippen LogP contribution is -2.04. The third-order valence-corrected chi connectivity index (χ3v) is 3.41. The second-order valence-electron chi connectivity index (χ2n) is 4.77. The highest BCUT2D eigenvalue weighted by Gasteiger charge is 2.13. The summed E-state index contributed by atoms with van der Waals surface area (Å²) in [6.07, 6.45) is 7.76. The van der Waals surface area contributed by atoms with Crippen LogP contribution in [0.3, 0.4) is 0 Å². The lowest BCUT2D eigenvalue weighted by Gasteiger charge is -2.18. The second-order valence-corrected chi connectivity index (χ2v) is 4.77. The van der Waals surface area contributed by atoms with E-state index in [1.165, 1.54) is 29.5 Å². The van der Waals surface area contributed by atoms with Gasteiger partial charge >= 0.3 is 0 Å². The highest BCUT2D eigenvalue weighted by Crippen LogP contribution is 2.27. The van der Waals surface area contributed by atoms with Crippen LogP contribution in [0.25, 0.3) is 0 Å².